The lowest BCUT2D eigenvalue weighted by Crippen LogP contribution is -2.20. The maximum atomic E-state index is 11.9. The van der Waals surface area contributed by atoms with Crippen LogP contribution in [0.15, 0.2) is 40.9 Å². The van der Waals surface area contributed by atoms with Crippen molar-refractivity contribution in [1.82, 2.24) is 10.2 Å². The average molecular weight is 392 g/mol. The number of aromatic nitrogens is 2. The molecule has 1 saturated heterocycles. The number of ether oxygens (including phenoxy) is 2. The molecule has 0 atom stereocenters. The third-order valence-corrected chi connectivity index (χ3v) is 4.22. The minimum absolute atomic E-state index is 0.157. The van der Waals surface area contributed by atoms with Crippen molar-refractivity contribution in [2.24, 2.45) is 0 Å². The quantitative estimate of drug-likeness (QED) is 0.556. The van der Waals surface area contributed by atoms with Crippen molar-refractivity contribution < 1.29 is 14.3 Å². The van der Waals surface area contributed by atoms with Gasteiger partial charge < -0.3 is 14.4 Å². The lowest BCUT2D eigenvalue weighted by molar-refractivity contribution is 0.0442. The Morgan fingerprint density at radius 2 is 1.79 bits per heavy atom. The van der Waals surface area contributed by atoms with E-state index in [4.69, 9.17) is 9.47 Å². The van der Waals surface area contributed by atoms with Gasteiger partial charge in [-0.25, -0.2) is 4.79 Å². The molecule has 6 nitrogen and oxygen atoms in total. The van der Waals surface area contributed by atoms with Crippen LogP contribution in [0.5, 0.6) is 5.75 Å². The first-order valence-electron chi connectivity index (χ1n) is 7.86. The van der Waals surface area contributed by atoms with Crippen molar-refractivity contribution in [1.29, 1.82) is 0 Å². The van der Waals surface area contributed by atoms with Crippen LogP contribution < -0.4 is 9.64 Å². The van der Waals surface area contributed by atoms with Gasteiger partial charge in [0, 0.05) is 17.6 Å². The molecular formula is C17H18BrN3O3. The molecule has 7 heteroatoms. The van der Waals surface area contributed by atoms with Gasteiger partial charge >= 0.3 is 5.97 Å². The fraction of sp³-hybridized carbons (Fsp3) is 0.353. The number of carbonyl (C=O) groups is 1. The van der Waals surface area contributed by atoms with E-state index in [1.54, 1.807) is 6.07 Å². The predicted octanol–water partition coefficient (Wildman–Crippen LogP) is 3.08. The van der Waals surface area contributed by atoms with E-state index in [-0.39, 0.29) is 18.9 Å². The van der Waals surface area contributed by atoms with Gasteiger partial charge in [0.1, 0.15) is 19.0 Å². The van der Waals surface area contributed by atoms with Crippen molar-refractivity contribution in [3.8, 4) is 5.75 Å². The summed E-state index contributed by atoms with van der Waals surface area (Å²) < 4.78 is 11.6. The number of benzene rings is 1. The number of carbonyl (C=O) groups excluding carboxylic acids is 1. The van der Waals surface area contributed by atoms with Gasteiger partial charge in [-0.05, 0) is 49.2 Å². The standard InChI is InChI=1S/C17H18BrN3O3/c18-13-3-5-14(6-4-13)23-11-12-24-17(22)15-7-8-16(20-19-15)21-9-1-2-10-21/h3-8H,1-2,9-12H2. The second kappa shape index (κ2) is 8.10. The number of anilines is 1. The summed E-state index contributed by atoms with van der Waals surface area (Å²) in [6.45, 7) is 2.43. The van der Waals surface area contributed by atoms with E-state index in [0.717, 1.165) is 29.1 Å². The van der Waals surface area contributed by atoms with E-state index >= 15 is 0 Å². The van der Waals surface area contributed by atoms with Crippen molar-refractivity contribution in [2.45, 2.75) is 12.8 Å². The van der Waals surface area contributed by atoms with E-state index in [0.29, 0.717) is 0 Å². The van der Waals surface area contributed by atoms with Gasteiger partial charge in [-0.1, -0.05) is 15.9 Å². The zero-order chi connectivity index (χ0) is 16.8. The van der Waals surface area contributed by atoms with Gasteiger partial charge in [0.15, 0.2) is 11.5 Å². The highest BCUT2D eigenvalue weighted by atomic mass is 79.9. The third-order valence-electron chi connectivity index (χ3n) is 3.69. The Hall–Kier alpha value is -2.15. The highest BCUT2D eigenvalue weighted by Gasteiger charge is 2.15. The van der Waals surface area contributed by atoms with Crippen LogP contribution in [-0.4, -0.2) is 42.5 Å². The van der Waals surface area contributed by atoms with Crippen LogP contribution in [0, 0.1) is 0 Å². The average Bonchev–Trinajstić information content (AvgIpc) is 3.15. The Morgan fingerprint density at radius 3 is 2.46 bits per heavy atom. The molecule has 1 aromatic heterocycles. The van der Waals surface area contributed by atoms with Gasteiger partial charge in [-0.15, -0.1) is 10.2 Å². The molecule has 1 aromatic carbocycles. The van der Waals surface area contributed by atoms with Crippen LogP contribution in [-0.2, 0) is 4.74 Å². The minimum Gasteiger partial charge on any atom is -0.490 e. The lowest BCUT2D eigenvalue weighted by atomic mass is 10.3. The lowest BCUT2D eigenvalue weighted by Gasteiger charge is -2.15. The van der Waals surface area contributed by atoms with E-state index in [9.17, 15) is 4.79 Å². The van der Waals surface area contributed by atoms with Crippen LogP contribution in [0.2, 0.25) is 0 Å². The van der Waals surface area contributed by atoms with Crippen molar-refractivity contribution in [3.63, 3.8) is 0 Å². The molecule has 1 aliphatic rings. The first-order valence-corrected chi connectivity index (χ1v) is 8.66. The smallest absolute Gasteiger partial charge is 0.358 e. The Morgan fingerprint density at radius 1 is 1.04 bits per heavy atom. The minimum atomic E-state index is -0.491. The SMILES string of the molecule is O=C(OCCOc1ccc(Br)cc1)c1ccc(N2CCCC2)nn1. The van der Waals surface area contributed by atoms with Crippen LogP contribution >= 0.6 is 15.9 Å². The Kier molecular flexibility index (Phi) is 5.63. The molecule has 2 heterocycles. The first-order chi connectivity index (χ1) is 11.7. The third kappa shape index (κ3) is 4.44. The zero-order valence-corrected chi connectivity index (χ0v) is 14.7. The predicted molar refractivity (Wildman–Crippen MR) is 93.4 cm³/mol. The maximum absolute atomic E-state index is 11.9. The summed E-state index contributed by atoms with van der Waals surface area (Å²) in [6, 6.07) is 10.9. The second-order valence-corrected chi connectivity index (χ2v) is 6.32. The summed E-state index contributed by atoms with van der Waals surface area (Å²) in [5.74, 6) is 1.04. The van der Waals surface area contributed by atoms with E-state index in [1.807, 2.05) is 30.3 Å². The summed E-state index contributed by atoms with van der Waals surface area (Å²) >= 11 is 3.36. The fourth-order valence-electron chi connectivity index (χ4n) is 2.45. The molecule has 0 aliphatic carbocycles. The molecule has 0 amide bonds. The maximum Gasteiger partial charge on any atom is 0.358 e. The van der Waals surface area contributed by atoms with E-state index in [2.05, 4.69) is 31.0 Å². The van der Waals surface area contributed by atoms with Crippen LogP contribution in [0.1, 0.15) is 23.3 Å². The summed E-state index contributed by atoms with van der Waals surface area (Å²) in [5.41, 5.74) is 0.210. The number of rotatable bonds is 6. The highest BCUT2D eigenvalue weighted by molar-refractivity contribution is 9.10. The molecule has 1 fully saturated rings. The normalized spacial score (nSPS) is 13.8. The molecule has 2 aromatic rings. The largest absolute Gasteiger partial charge is 0.490 e. The Bertz CT molecular complexity index is 670. The molecule has 0 unspecified atom stereocenters. The van der Waals surface area contributed by atoms with Gasteiger partial charge in [0.05, 0.1) is 0 Å². The van der Waals surface area contributed by atoms with Crippen LogP contribution in [0.4, 0.5) is 5.82 Å². The second-order valence-electron chi connectivity index (χ2n) is 5.41. The zero-order valence-electron chi connectivity index (χ0n) is 13.2. The van der Waals surface area contributed by atoms with Crippen LogP contribution in [0.25, 0.3) is 0 Å². The molecule has 0 saturated carbocycles. The summed E-state index contributed by atoms with van der Waals surface area (Å²) in [6.07, 6.45) is 2.34. The van der Waals surface area contributed by atoms with Crippen molar-refractivity contribution in [3.05, 3.63) is 46.6 Å². The number of hydrogen-bond donors (Lipinski definition) is 0. The number of hydrogen-bond acceptors (Lipinski definition) is 6. The van der Waals surface area contributed by atoms with Crippen molar-refractivity contribution >= 4 is 27.7 Å². The highest BCUT2D eigenvalue weighted by Crippen LogP contribution is 2.17. The monoisotopic (exact) mass is 391 g/mol. The molecule has 0 radical (unpaired) electrons. The van der Waals surface area contributed by atoms with Crippen LogP contribution in [0.3, 0.4) is 0 Å². The summed E-state index contributed by atoms with van der Waals surface area (Å²) in [7, 11) is 0. The van der Waals surface area contributed by atoms with Gasteiger partial charge in [-0.2, -0.15) is 0 Å². The Balaban J connectivity index is 1.43. The van der Waals surface area contributed by atoms with Gasteiger partial charge in [0.25, 0.3) is 0 Å². The number of esters is 1. The Labute approximate surface area is 148 Å². The molecule has 1 aliphatic heterocycles. The number of nitrogens with zero attached hydrogens (tertiary/aromatic N) is 3. The number of halogens is 1. The topological polar surface area (TPSA) is 64.6 Å². The van der Waals surface area contributed by atoms with E-state index in [1.165, 1.54) is 12.8 Å². The summed E-state index contributed by atoms with van der Waals surface area (Å²) in [4.78, 5) is 14.1. The molecule has 0 bridgehead atoms. The first kappa shape index (κ1) is 16.7. The summed E-state index contributed by atoms with van der Waals surface area (Å²) in [5, 5.41) is 8.06. The molecule has 24 heavy (non-hydrogen) atoms. The molecule has 0 N–H and O–H groups in total. The van der Waals surface area contributed by atoms with Gasteiger partial charge in [0.2, 0.25) is 0 Å². The molecular weight excluding hydrogens is 374 g/mol. The molecule has 0 spiro atoms. The van der Waals surface area contributed by atoms with Crippen molar-refractivity contribution in [2.75, 3.05) is 31.2 Å². The van der Waals surface area contributed by atoms with E-state index < -0.39 is 5.97 Å². The molecule has 3 rings (SSSR count). The fourth-order valence-corrected chi connectivity index (χ4v) is 2.71. The van der Waals surface area contributed by atoms with Gasteiger partial charge in [-0.3, -0.25) is 0 Å². The molecule has 126 valence electrons.